The van der Waals surface area contributed by atoms with Gasteiger partial charge >= 0.3 is 0 Å². The van der Waals surface area contributed by atoms with Crippen LogP contribution in [0, 0.1) is 13.8 Å². The van der Waals surface area contributed by atoms with Crippen molar-refractivity contribution in [3.8, 4) is 0 Å². The first-order chi connectivity index (χ1) is 7.10. The monoisotopic (exact) mass is 206 g/mol. The summed E-state index contributed by atoms with van der Waals surface area (Å²) in [7, 11) is 1.83. The van der Waals surface area contributed by atoms with E-state index in [1.807, 2.05) is 33.9 Å². The molecule has 0 aliphatic heterocycles. The fourth-order valence-corrected chi connectivity index (χ4v) is 1.73. The number of hydrogen-bond donors (Lipinski definition) is 2. The Morgan fingerprint density at radius 2 is 2.00 bits per heavy atom. The van der Waals surface area contributed by atoms with Gasteiger partial charge < -0.3 is 10.6 Å². The highest BCUT2D eigenvalue weighted by Gasteiger charge is 2.12. The van der Waals surface area contributed by atoms with Gasteiger partial charge in [0.05, 0.1) is 5.56 Å². The molecule has 1 rings (SSSR count). The van der Waals surface area contributed by atoms with E-state index in [1.165, 1.54) is 0 Å². The predicted octanol–water partition coefficient (Wildman–Crippen LogP) is 2.09. The van der Waals surface area contributed by atoms with Gasteiger partial charge in [0.2, 0.25) is 0 Å². The van der Waals surface area contributed by atoms with Gasteiger partial charge in [-0.1, -0.05) is 6.07 Å². The number of amides is 1. The summed E-state index contributed by atoms with van der Waals surface area (Å²) in [6.07, 6.45) is 0. The van der Waals surface area contributed by atoms with Crippen LogP contribution in [0.15, 0.2) is 12.1 Å². The SMILES string of the molecule is CCNC(=O)c1cc(C)cc(C)c1NC. The first-order valence-corrected chi connectivity index (χ1v) is 5.17. The van der Waals surface area contributed by atoms with Crippen LogP contribution in [0.5, 0.6) is 0 Å². The number of anilines is 1. The van der Waals surface area contributed by atoms with Gasteiger partial charge in [0.15, 0.2) is 0 Å². The van der Waals surface area contributed by atoms with Crippen LogP contribution in [0.4, 0.5) is 5.69 Å². The van der Waals surface area contributed by atoms with Gasteiger partial charge in [0, 0.05) is 19.3 Å². The Morgan fingerprint density at radius 1 is 1.33 bits per heavy atom. The third kappa shape index (κ3) is 2.49. The van der Waals surface area contributed by atoms with Gasteiger partial charge in [-0.2, -0.15) is 0 Å². The lowest BCUT2D eigenvalue weighted by atomic mass is 10.0. The molecule has 0 aliphatic rings. The zero-order valence-electron chi connectivity index (χ0n) is 9.77. The molecule has 1 aromatic carbocycles. The maximum absolute atomic E-state index is 11.8. The van der Waals surface area contributed by atoms with Crippen molar-refractivity contribution in [1.29, 1.82) is 0 Å². The molecular weight excluding hydrogens is 188 g/mol. The van der Waals surface area contributed by atoms with Crippen molar-refractivity contribution in [2.24, 2.45) is 0 Å². The lowest BCUT2D eigenvalue weighted by molar-refractivity contribution is 0.0956. The minimum Gasteiger partial charge on any atom is -0.387 e. The van der Waals surface area contributed by atoms with E-state index in [1.54, 1.807) is 0 Å². The molecule has 0 heterocycles. The molecule has 0 bridgehead atoms. The van der Waals surface area contributed by atoms with E-state index >= 15 is 0 Å². The molecular formula is C12H18N2O. The van der Waals surface area contributed by atoms with Crippen LogP contribution in [0.25, 0.3) is 0 Å². The van der Waals surface area contributed by atoms with Crippen LogP contribution in [0.2, 0.25) is 0 Å². The second-order valence-corrected chi connectivity index (χ2v) is 3.61. The van der Waals surface area contributed by atoms with Gasteiger partial charge in [-0.3, -0.25) is 4.79 Å². The smallest absolute Gasteiger partial charge is 0.253 e. The fraction of sp³-hybridized carbons (Fsp3) is 0.417. The topological polar surface area (TPSA) is 41.1 Å². The van der Waals surface area contributed by atoms with Gasteiger partial charge in [0.1, 0.15) is 0 Å². The second kappa shape index (κ2) is 4.82. The summed E-state index contributed by atoms with van der Waals surface area (Å²) in [5.74, 6) is -0.0198. The minimum absolute atomic E-state index is 0.0198. The first-order valence-electron chi connectivity index (χ1n) is 5.17. The normalized spacial score (nSPS) is 9.87. The highest BCUT2D eigenvalue weighted by Crippen LogP contribution is 2.22. The Morgan fingerprint density at radius 3 is 2.53 bits per heavy atom. The number of benzene rings is 1. The van der Waals surface area contributed by atoms with Gasteiger partial charge in [-0.25, -0.2) is 0 Å². The molecule has 1 amide bonds. The highest BCUT2D eigenvalue weighted by molar-refractivity contribution is 6.00. The number of rotatable bonds is 3. The van der Waals surface area contributed by atoms with E-state index in [0.717, 1.165) is 22.4 Å². The zero-order valence-corrected chi connectivity index (χ0v) is 9.77. The summed E-state index contributed by atoms with van der Waals surface area (Å²) in [5, 5.41) is 5.88. The molecule has 0 atom stereocenters. The maximum atomic E-state index is 11.8. The number of aryl methyl sites for hydroxylation is 2. The quantitative estimate of drug-likeness (QED) is 0.795. The molecule has 0 aliphatic carbocycles. The van der Waals surface area contributed by atoms with Crippen LogP contribution in [-0.4, -0.2) is 19.5 Å². The maximum Gasteiger partial charge on any atom is 0.253 e. The average Bonchev–Trinajstić information content (AvgIpc) is 2.17. The van der Waals surface area contributed by atoms with E-state index < -0.39 is 0 Å². The van der Waals surface area contributed by atoms with Crippen LogP contribution in [0.3, 0.4) is 0 Å². The van der Waals surface area contributed by atoms with E-state index in [0.29, 0.717) is 6.54 Å². The van der Waals surface area contributed by atoms with Gasteiger partial charge in [-0.05, 0) is 38.0 Å². The van der Waals surface area contributed by atoms with Crippen LogP contribution in [0.1, 0.15) is 28.4 Å². The summed E-state index contributed by atoms with van der Waals surface area (Å²) in [4.78, 5) is 11.8. The van der Waals surface area contributed by atoms with E-state index in [4.69, 9.17) is 0 Å². The van der Waals surface area contributed by atoms with Crippen LogP contribution < -0.4 is 10.6 Å². The number of hydrogen-bond acceptors (Lipinski definition) is 2. The summed E-state index contributed by atoms with van der Waals surface area (Å²) < 4.78 is 0. The molecule has 1 aromatic rings. The van der Waals surface area contributed by atoms with Crippen molar-refractivity contribution < 1.29 is 4.79 Å². The standard InChI is InChI=1S/C12H18N2O/c1-5-14-12(15)10-7-8(2)6-9(3)11(10)13-4/h6-7,13H,5H2,1-4H3,(H,14,15). The molecule has 0 saturated carbocycles. The molecule has 15 heavy (non-hydrogen) atoms. The number of carbonyl (C=O) groups excluding carboxylic acids is 1. The molecule has 82 valence electrons. The third-order valence-electron chi connectivity index (χ3n) is 2.31. The molecule has 3 heteroatoms. The van der Waals surface area contributed by atoms with E-state index in [-0.39, 0.29) is 5.91 Å². The van der Waals surface area contributed by atoms with Crippen molar-refractivity contribution >= 4 is 11.6 Å². The lowest BCUT2D eigenvalue weighted by Crippen LogP contribution is -2.24. The Labute approximate surface area is 90.9 Å². The zero-order chi connectivity index (χ0) is 11.4. The summed E-state index contributed by atoms with van der Waals surface area (Å²) in [6.45, 7) is 6.56. The van der Waals surface area contributed by atoms with Crippen molar-refractivity contribution in [2.75, 3.05) is 18.9 Å². The molecule has 0 unspecified atom stereocenters. The van der Waals surface area contributed by atoms with E-state index in [2.05, 4.69) is 16.7 Å². The second-order valence-electron chi connectivity index (χ2n) is 3.61. The minimum atomic E-state index is -0.0198. The van der Waals surface area contributed by atoms with Crippen molar-refractivity contribution in [3.63, 3.8) is 0 Å². The Hall–Kier alpha value is -1.51. The van der Waals surface area contributed by atoms with Crippen molar-refractivity contribution in [1.82, 2.24) is 5.32 Å². The molecule has 0 fully saturated rings. The highest BCUT2D eigenvalue weighted by atomic mass is 16.1. The molecule has 0 spiro atoms. The predicted molar refractivity (Wildman–Crippen MR) is 63.5 cm³/mol. The Bertz CT molecular complexity index is 372. The summed E-state index contributed by atoms with van der Waals surface area (Å²) in [6, 6.07) is 3.97. The first kappa shape index (κ1) is 11.6. The number of carbonyl (C=O) groups is 1. The van der Waals surface area contributed by atoms with Crippen LogP contribution >= 0.6 is 0 Å². The molecule has 0 aromatic heterocycles. The Balaban J connectivity index is 3.20. The summed E-state index contributed by atoms with van der Waals surface area (Å²) in [5.41, 5.74) is 3.83. The third-order valence-corrected chi connectivity index (χ3v) is 2.31. The van der Waals surface area contributed by atoms with Gasteiger partial charge in [0.25, 0.3) is 5.91 Å². The summed E-state index contributed by atoms with van der Waals surface area (Å²) >= 11 is 0. The fourth-order valence-electron chi connectivity index (χ4n) is 1.73. The van der Waals surface area contributed by atoms with Crippen molar-refractivity contribution in [3.05, 3.63) is 28.8 Å². The van der Waals surface area contributed by atoms with Crippen LogP contribution in [-0.2, 0) is 0 Å². The van der Waals surface area contributed by atoms with Gasteiger partial charge in [-0.15, -0.1) is 0 Å². The molecule has 3 nitrogen and oxygen atoms in total. The molecule has 2 N–H and O–H groups in total. The largest absolute Gasteiger partial charge is 0.387 e. The molecule has 0 saturated heterocycles. The van der Waals surface area contributed by atoms with E-state index in [9.17, 15) is 4.79 Å². The van der Waals surface area contributed by atoms with Crippen molar-refractivity contribution in [2.45, 2.75) is 20.8 Å². The Kier molecular flexibility index (Phi) is 3.72. The molecule has 0 radical (unpaired) electrons. The lowest BCUT2D eigenvalue weighted by Gasteiger charge is -2.13. The number of nitrogens with one attached hydrogen (secondary N) is 2. The average molecular weight is 206 g/mol.